The van der Waals surface area contributed by atoms with Crippen molar-refractivity contribution >= 4 is 46.7 Å². The molecular formula is C29H23FN4O6S2. The van der Waals surface area contributed by atoms with Crippen molar-refractivity contribution in [2.75, 3.05) is 0 Å². The van der Waals surface area contributed by atoms with E-state index in [2.05, 4.69) is 10.9 Å². The maximum absolute atomic E-state index is 13.4. The highest BCUT2D eigenvalue weighted by Crippen LogP contribution is 2.34. The Bertz CT molecular complexity index is 1680. The lowest BCUT2D eigenvalue weighted by molar-refractivity contribution is -0.387. The average Bonchev–Trinajstić information content (AvgIpc) is 2.98. The van der Waals surface area contributed by atoms with E-state index in [-0.39, 0.29) is 33.2 Å². The highest BCUT2D eigenvalue weighted by Gasteiger charge is 2.21. The van der Waals surface area contributed by atoms with Crippen LogP contribution in [0.1, 0.15) is 37.4 Å². The molecule has 13 heteroatoms. The number of nitrogens with one attached hydrogen (secondary N) is 2. The summed E-state index contributed by atoms with van der Waals surface area (Å²) in [5.74, 6) is -1.27. The third-order valence-electron chi connectivity index (χ3n) is 6.05. The molecule has 0 saturated carbocycles. The standard InChI is InChI=1S/C29H23FN4O6S2/c1-18-5-2-3-7-22(18)17-42-27-12-10-21(15-25(27)34(39)40)29(36)32-31-28(35)20-9-11-26(24(14-20)33(37)38)41-16-19-6-4-8-23(30)13-19/h2-15H,16-17H2,1H3,(H,31,35)(H,32,36). The zero-order valence-corrected chi connectivity index (χ0v) is 23.7. The average molecular weight is 607 g/mol. The van der Waals surface area contributed by atoms with Crippen molar-refractivity contribution in [3.8, 4) is 0 Å². The summed E-state index contributed by atoms with van der Waals surface area (Å²) in [7, 11) is 0. The van der Waals surface area contributed by atoms with Crippen molar-refractivity contribution in [3.05, 3.63) is 139 Å². The van der Waals surface area contributed by atoms with Gasteiger partial charge in [0.05, 0.1) is 19.6 Å². The zero-order valence-electron chi connectivity index (χ0n) is 22.0. The second kappa shape index (κ2) is 13.7. The number of thioether (sulfide) groups is 2. The molecule has 2 N–H and O–H groups in total. The first-order valence-corrected chi connectivity index (χ1v) is 14.3. The number of aryl methyl sites for hydroxylation is 1. The third-order valence-corrected chi connectivity index (χ3v) is 8.30. The first kappa shape index (κ1) is 30.2. The predicted molar refractivity (Wildman–Crippen MR) is 158 cm³/mol. The van der Waals surface area contributed by atoms with E-state index in [9.17, 15) is 34.2 Å². The summed E-state index contributed by atoms with van der Waals surface area (Å²) in [6, 6.07) is 21.4. The van der Waals surface area contributed by atoms with Crippen LogP contribution < -0.4 is 10.9 Å². The summed E-state index contributed by atoms with van der Waals surface area (Å²) in [5, 5.41) is 23.3. The largest absolute Gasteiger partial charge is 0.283 e. The minimum atomic E-state index is -0.826. The van der Waals surface area contributed by atoms with E-state index in [0.29, 0.717) is 16.2 Å². The normalized spacial score (nSPS) is 10.6. The quantitative estimate of drug-likeness (QED) is 0.117. The maximum atomic E-state index is 13.4. The fraction of sp³-hybridized carbons (Fsp3) is 0.103. The molecule has 0 radical (unpaired) electrons. The Balaban J connectivity index is 1.41. The maximum Gasteiger partial charge on any atom is 0.283 e. The molecule has 4 aromatic rings. The van der Waals surface area contributed by atoms with Gasteiger partial charge in [-0.3, -0.25) is 40.7 Å². The lowest BCUT2D eigenvalue weighted by Gasteiger charge is -2.10. The van der Waals surface area contributed by atoms with Crippen molar-refractivity contribution in [1.82, 2.24) is 10.9 Å². The van der Waals surface area contributed by atoms with Gasteiger partial charge in [-0.25, -0.2) is 4.39 Å². The molecule has 42 heavy (non-hydrogen) atoms. The summed E-state index contributed by atoms with van der Waals surface area (Å²) in [4.78, 5) is 48.1. The number of benzene rings is 4. The molecule has 0 aliphatic heterocycles. The number of nitro groups is 2. The van der Waals surface area contributed by atoms with E-state index < -0.39 is 27.5 Å². The predicted octanol–water partition coefficient (Wildman–Crippen LogP) is 6.61. The first-order chi connectivity index (χ1) is 20.1. The number of amides is 2. The van der Waals surface area contributed by atoms with Crippen LogP contribution in [0.15, 0.2) is 94.7 Å². The summed E-state index contributed by atoms with van der Waals surface area (Å²) in [5.41, 5.74) is 6.35. The van der Waals surface area contributed by atoms with Crippen LogP contribution in [-0.2, 0) is 11.5 Å². The molecule has 10 nitrogen and oxygen atoms in total. The minimum Gasteiger partial charge on any atom is -0.267 e. The molecule has 0 aliphatic rings. The number of nitro benzene ring substituents is 2. The van der Waals surface area contributed by atoms with Gasteiger partial charge in [0, 0.05) is 34.8 Å². The van der Waals surface area contributed by atoms with E-state index in [4.69, 9.17) is 0 Å². The molecule has 0 atom stereocenters. The van der Waals surface area contributed by atoms with E-state index >= 15 is 0 Å². The second-order valence-corrected chi connectivity index (χ2v) is 11.0. The van der Waals surface area contributed by atoms with E-state index in [0.717, 1.165) is 35.0 Å². The smallest absolute Gasteiger partial charge is 0.267 e. The molecule has 0 heterocycles. The molecule has 4 aromatic carbocycles. The van der Waals surface area contributed by atoms with Crippen LogP contribution in [0.5, 0.6) is 0 Å². The molecule has 0 unspecified atom stereocenters. The van der Waals surface area contributed by atoms with Gasteiger partial charge in [-0.2, -0.15) is 0 Å². The molecule has 2 amide bonds. The molecule has 0 aromatic heterocycles. The van der Waals surface area contributed by atoms with Crippen molar-refractivity contribution in [1.29, 1.82) is 0 Å². The second-order valence-electron chi connectivity index (χ2n) is 8.92. The van der Waals surface area contributed by atoms with E-state index in [1.165, 1.54) is 48.2 Å². The molecule has 0 aliphatic carbocycles. The van der Waals surface area contributed by atoms with Crippen LogP contribution in [-0.4, -0.2) is 21.7 Å². The molecular weight excluding hydrogens is 583 g/mol. The Kier molecular flexibility index (Phi) is 9.89. The van der Waals surface area contributed by atoms with Crippen molar-refractivity contribution < 1.29 is 23.8 Å². The van der Waals surface area contributed by atoms with Gasteiger partial charge in [0.2, 0.25) is 0 Å². The van der Waals surface area contributed by atoms with Gasteiger partial charge in [0.15, 0.2) is 0 Å². The number of carbonyl (C=O) groups is 2. The monoisotopic (exact) mass is 606 g/mol. The highest BCUT2D eigenvalue weighted by molar-refractivity contribution is 7.99. The fourth-order valence-corrected chi connectivity index (χ4v) is 5.85. The lowest BCUT2D eigenvalue weighted by atomic mass is 10.1. The minimum absolute atomic E-state index is 0.0580. The van der Waals surface area contributed by atoms with Gasteiger partial charge in [0.25, 0.3) is 23.2 Å². The van der Waals surface area contributed by atoms with Crippen LogP contribution in [0.3, 0.4) is 0 Å². The number of nitrogens with zero attached hydrogens (tertiary/aromatic N) is 2. The van der Waals surface area contributed by atoms with Gasteiger partial charge in [-0.05, 0) is 60.0 Å². The third kappa shape index (κ3) is 7.71. The van der Waals surface area contributed by atoms with Crippen LogP contribution in [0.2, 0.25) is 0 Å². The molecule has 0 saturated heterocycles. The Morgan fingerprint density at radius 1 is 0.738 bits per heavy atom. The van der Waals surface area contributed by atoms with Gasteiger partial charge in [0.1, 0.15) is 5.82 Å². The number of hydrogen-bond donors (Lipinski definition) is 2. The van der Waals surface area contributed by atoms with Crippen LogP contribution in [0.4, 0.5) is 15.8 Å². The van der Waals surface area contributed by atoms with Crippen LogP contribution in [0, 0.1) is 33.0 Å². The number of halogens is 1. The molecule has 0 spiro atoms. The van der Waals surface area contributed by atoms with Crippen molar-refractivity contribution in [2.45, 2.75) is 28.2 Å². The van der Waals surface area contributed by atoms with Crippen molar-refractivity contribution in [3.63, 3.8) is 0 Å². The van der Waals surface area contributed by atoms with Gasteiger partial charge < -0.3 is 0 Å². The number of carbonyl (C=O) groups excluding carboxylic acids is 2. The van der Waals surface area contributed by atoms with Gasteiger partial charge >= 0.3 is 0 Å². The first-order valence-electron chi connectivity index (χ1n) is 12.3. The Labute approximate surface area is 248 Å². The highest BCUT2D eigenvalue weighted by atomic mass is 32.2. The van der Waals surface area contributed by atoms with Gasteiger partial charge in [-0.1, -0.05) is 36.4 Å². The van der Waals surface area contributed by atoms with Gasteiger partial charge in [-0.15, -0.1) is 23.5 Å². The number of hydrogen-bond acceptors (Lipinski definition) is 8. The molecule has 0 fully saturated rings. The summed E-state index contributed by atoms with van der Waals surface area (Å²) >= 11 is 2.38. The SMILES string of the molecule is Cc1ccccc1CSc1ccc(C(=O)NNC(=O)c2ccc(SCc3cccc(F)c3)c([N+](=O)[O-])c2)cc1[N+](=O)[O-]. The molecule has 0 bridgehead atoms. The Morgan fingerprint density at radius 3 is 1.81 bits per heavy atom. The molecule has 4 rings (SSSR count). The number of hydrazine groups is 1. The Hall–Kier alpha value is -4.75. The molecule has 214 valence electrons. The van der Waals surface area contributed by atoms with E-state index in [1.54, 1.807) is 12.1 Å². The van der Waals surface area contributed by atoms with Crippen LogP contribution >= 0.6 is 23.5 Å². The number of rotatable bonds is 10. The summed E-state index contributed by atoms with van der Waals surface area (Å²) < 4.78 is 13.4. The summed E-state index contributed by atoms with van der Waals surface area (Å²) in [6.07, 6.45) is 0. The topological polar surface area (TPSA) is 144 Å². The lowest BCUT2D eigenvalue weighted by Crippen LogP contribution is -2.41. The Morgan fingerprint density at radius 2 is 1.29 bits per heavy atom. The van der Waals surface area contributed by atoms with Crippen LogP contribution in [0.25, 0.3) is 0 Å². The fourth-order valence-electron chi connectivity index (χ4n) is 3.82. The van der Waals surface area contributed by atoms with Crippen molar-refractivity contribution in [2.24, 2.45) is 0 Å². The zero-order chi connectivity index (χ0) is 30.2. The summed E-state index contributed by atoms with van der Waals surface area (Å²) in [6.45, 7) is 1.95. The van der Waals surface area contributed by atoms with E-state index in [1.807, 2.05) is 31.2 Å².